The summed E-state index contributed by atoms with van der Waals surface area (Å²) in [7, 11) is 0. The van der Waals surface area contributed by atoms with Gasteiger partial charge in [0.1, 0.15) is 0 Å². The van der Waals surface area contributed by atoms with Gasteiger partial charge in [0.15, 0.2) is 0 Å². The Hall–Kier alpha value is -1.22. The van der Waals surface area contributed by atoms with Crippen molar-refractivity contribution in [2.45, 2.75) is 40.5 Å². The van der Waals surface area contributed by atoms with Gasteiger partial charge in [-0.25, -0.2) is 0 Å². The molecule has 3 nitrogen and oxygen atoms in total. The van der Waals surface area contributed by atoms with Gasteiger partial charge >= 0.3 is 0 Å². The highest BCUT2D eigenvalue weighted by atomic mass is 16.3. The summed E-state index contributed by atoms with van der Waals surface area (Å²) in [6.45, 7) is 11.8. The lowest BCUT2D eigenvalue weighted by Gasteiger charge is -2.30. The van der Waals surface area contributed by atoms with E-state index in [4.69, 9.17) is 0 Å². The highest BCUT2D eigenvalue weighted by Gasteiger charge is 2.24. The molecule has 0 radical (unpaired) electrons. The molecule has 0 saturated carbocycles. The summed E-state index contributed by atoms with van der Waals surface area (Å²) in [6, 6.07) is 8.57. The van der Waals surface area contributed by atoms with Crippen LogP contribution in [0.4, 0.5) is 11.4 Å². The normalized spacial score (nSPS) is 11.4. The maximum absolute atomic E-state index is 9.59. The highest BCUT2D eigenvalue weighted by molar-refractivity contribution is 5.55. The van der Waals surface area contributed by atoms with Crippen LogP contribution in [-0.2, 0) is 0 Å². The van der Waals surface area contributed by atoms with E-state index in [9.17, 15) is 5.11 Å². The van der Waals surface area contributed by atoms with Crippen LogP contribution in [0.25, 0.3) is 0 Å². The minimum Gasteiger partial charge on any atom is -0.396 e. The molecule has 1 aromatic rings. The van der Waals surface area contributed by atoms with Crippen LogP contribution in [0.2, 0.25) is 0 Å². The van der Waals surface area contributed by atoms with Crippen LogP contribution in [0.5, 0.6) is 0 Å². The number of hydrogen-bond donors (Lipinski definition) is 2. The molecule has 0 bridgehead atoms. The number of rotatable bonds is 9. The molecule has 1 aromatic carbocycles. The third kappa shape index (κ3) is 4.14. The smallest absolute Gasteiger partial charge is 0.0504 e. The van der Waals surface area contributed by atoms with Crippen LogP contribution >= 0.6 is 0 Å². The molecule has 0 amide bonds. The summed E-state index contributed by atoms with van der Waals surface area (Å²) < 4.78 is 0. The summed E-state index contributed by atoms with van der Waals surface area (Å²) in [5.41, 5.74) is 2.39. The standard InChI is InChI=1S/C17H30N2O/c1-5-17(6-2,14-20)13-18-15-9-11-16(12-10-15)19(7-3)8-4/h9-12,18,20H,5-8,13-14H2,1-4H3. The molecule has 0 aliphatic heterocycles. The van der Waals surface area contributed by atoms with Crippen LogP contribution in [0.1, 0.15) is 40.5 Å². The summed E-state index contributed by atoms with van der Waals surface area (Å²) in [6.07, 6.45) is 1.98. The quantitative estimate of drug-likeness (QED) is 0.722. The SMILES string of the molecule is CCN(CC)c1ccc(NCC(CC)(CC)CO)cc1. The molecule has 0 fully saturated rings. The van der Waals surface area contributed by atoms with Gasteiger partial charge in [0.25, 0.3) is 0 Å². The van der Waals surface area contributed by atoms with E-state index in [1.54, 1.807) is 0 Å². The topological polar surface area (TPSA) is 35.5 Å². The number of benzene rings is 1. The van der Waals surface area contributed by atoms with E-state index >= 15 is 0 Å². The van der Waals surface area contributed by atoms with Gasteiger partial charge < -0.3 is 15.3 Å². The fourth-order valence-electron chi connectivity index (χ4n) is 2.45. The van der Waals surface area contributed by atoms with E-state index in [0.29, 0.717) is 0 Å². The Labute approximate surface area is 124 Å². The summed E-state index contributed by atoms with van der Waals surface area (Å²) in [4.78, 5) is 2.33. The zero-order chi connectivity index (χ0) is 15.0. The molecule has 114 valence electrons. The zero-order valence-electron chi connectivity index (χ0n) is 13.4. The monoisotopic (exact) mass is 278 g/mol. The molecule has 1 rings (SSSR count). The van der Waals surface area contributed by atoms with Crippen molar-refractivity contribution in [2.24, 2.45) is 5.41 Å². The summed E-state index contributed by atoms with van der Waals surface area (Å²) in [5, 5.41) is 13.1. The van der Waals surface area contributed by atoms with Gasteiger partial charge in [-0.15, -0.1) is 0 Å². The Morgan fingerprint density at radius 1 is 1.00 bits per heavy atom. The van der Waals surface area contributed by atoms with Gasteiger partial charge in [-0.05, 0) is 51.0 Å². The van der Waals surface area contributed by atoms with Crippen molar-refractivity contribution in [3.05, 3.63) is 24.3 Å². The molecule has 0 aliphatic rings. The van der Waals surface area contributed by atoms with Crippen LogP contribution in [0.15, 0.2) is 24.3 Å². The average Bonchev–Trinajstić information content (AvgIpc) is 2.52. The van der Waals surface area contributed by atoms with Crippen molar-refractivity contribution < 1.29 is 5.11 Å². The number of anilines is 2. The minimum atomic E-state index is -0.00244. The number of nitrogens with zero attached hydrogens (tertiary/aromatic N) is 1. The first-order chi connectivity index (χ1) is 9.64. The second-order valence-electron chi connectivity index (χ2n) is 5.44. The lowest BCUT2D eigenvalue weighted by molar-refractivity contribution is 0.127. The lowest BCUT2D eigenvalue weighted by atomic mass is 9.83. The Balaban J connectivity index is 2.66. The second-order valence-corrected chi connectivity index (χ2v) is 5.44. The second kappa shape index (κ2) is 8.15. The van der Waals surface area contributed by atoms with Crippen molar-refractivity contribution in [3.63, 3.8) is 0 Å². The van der Waals surface area contributed by atoms with E-state index < -0.39 is 0 Å². The molecule has 2 N–H and O–H groups in total. The third-order valence-electron chi connectivity index (χ3n) is 4.50. The van der Waals surface area contributed by atoms with E-state index in [1.165, 1.54) is 5.69 Å². The summed E-state index contributed by atoms with van der Waals surface area (Å²) in [5.74, 6) is 0. The van der Waals surface area contributed by atoms with E-state index in [-0.39, 0.29) is 12.0 Å². The van der Waals surface area contributed by atoms with Gasteiger partial charge in [0.2, 0.25) is 0 Å². The zero-order valence-corrected chi connectivity index (χ0v) is 13.4. The molecule has 0 spiro atoms. The number of aliphatic hydroxyl groups excluding tert-OH is 1. The van der Waals surface area contributed by atoms with E-state index in [0.717, 1.165) is 38.2 Å². The molecule has 0 saturated heterocycles. The fourth-order valence-corrected chi connectivity index (χ4v) is 2.45. The predicted molar refractivity (Wildman–Crippen MR) is 88.6 cm³/mol. The predicted octanol–water partition coefficient (Wildman–Crippen LogP) is 3.74. The Morgan fingerprint density at radius 3 is 1.95 bits per heavy atom. The average molecular weight is 278 g/mol. The van der Waals surface area contributed by atoms with E-state index in [1.807, 2.05) is 0 Å². The first-order valence-electron chi connectivity index (χ1n) is 7.84. The molecule has 0 atom stereocenters. The van der Waals surface area contributed by atoms with Crippen LogP contribution < -0.4 is 10.2 Å². The third-order valence-corrected chi connectivity index (χ3v) is 4.50. The molecule has 0 unspecified atom stereocenters. The lowest BCUT2D eigenvalue weighted by Crippen LogP contribution is -2.32. The summed E-state index contributed by atoms with van der Waals surface area (Å²) >= 11 is 0. The number of aliphatic hydroxyl groups is 1. The molecule has 20 heavy (non-hydrogen) atoms. The van der Waals surface area contributed by atoms with Crippen molar-refractivity contribution >= 4 is 11.4 Å². The van der Waals surface area contributed by atoms with Crippen LogP contribution in [0, 0.1) is 5.41 Å². The molecule has 3 heteroatoms. The largest absolute Gasteiger partial charge is 0.396 e. The minimum absolute atomic E-state index is 0.00244. The van der Waals surface area contributed by atoms with Crippen LogP contribution in [0.3, 0.4) is 0 Å². The Bertz CT molecular complexity index is 359. The number of nitrogens with one attached hydrogen (secondary N) is 1. The van der Waals surface area contributed by atoms with Gasteiger partial charge in [-0.1, -0.05) is 13.8 Å². The molecular weight excluding hydrogens is 248 g/mol. The van der Waals surface area contributed by atoms with E-state index in [2.05, 4.69) is 62.2 Å². The first kappa shape index (κ1) is 16.8. The molecular formula is C17H30N2O. The maximum atomic E-state index is 9.59. The van der Waals surface area contributed by atoms with Crippen molar-refractivity contribution in [1.29, 1.82) is 0 Å². The highest BCUT2D eigenvalue weighted by Crippen LogP contribution is 2.26. The van der Waals surface area contributed by atoms with Crippen molar-refractivity contribution in [3.8, 4) is 0 Å². The van der Waals surface area contributed by atoms with Gasteiger partial charge in [-0.2, -0.15) is 0 Å². The van der Waals surface area contributed by atoms with Crippen molar-refractivity contribution in [1.82, 2.24) is 0 Å². The number of hydrogen-bond acceptors (Lipinski definition) is 3. The fraction of sp³-hybridized carbons (Fsp3) is 0.647. The van der Waals surface area contributed by atoms with Gasteiger partial charge in [-0.3, -0.25) is 0 Å². The van der Waals surface area contributed by atoms with Gasteiger partial charge in [0, 0.05) is 36.4 Å². The first-order valence-corrected chi connectivity index (χ1v) is 7.84. The maximum Gasteiger partial charge on any atom is 0.0504 e. The Kier molecular flexibility index (Phi) is 6.86. The molecule has 0 aromatic heterocycles. The van der Waals surface area contributed by atoms with Crippen LogP contribution in [-0.4, -0.2) is 31.3 Å². The molecule has 0 aliphatic carbocycles. The van der Waals surface area contributed by atoms with Crippen molar-refractivity contribution in [2.75, 3.05) is 36.5 Å². The molecule has 0 heterocycles. The Morgan fingerprint density at radius 2 is 1.55 bits per heavy atom. The van der Waals surface area contributed by atoms with Gasteiger partial charge in [0.05, 0.1) is 6.61 Å².